The third-order valence-corrected chi connectivity index (χ3v) is 2.38. The first kappa shape index (κ1) is 12.1. The third-order valence-electron chi connectivity index (χ3n) is 2.38. The monoisotopic (exact) mass is 243 g/mol. The van der Waals surface area contributed by atoms with Crippen LogP contribution in [0.2, 0.25) is 0 Å². The van der Waals surface area contributed by atoms with E-state index in [4.69, 9.17) is 4.74 Å². The molecule has 4 N–H and O–H groups in total. The van der Waals surface area contributed by atoms with E-state index < -0.39 is 0 Å². The summed E-state index contributed by atoms with van der Waals surface area (Å²) in [7, 11) is 0. The van der Waals surface area contributed by atoms with Crippen LogP contribution < -0.4 is 15.8 Å². The fourth-order valence-electron chi connectivity index (χ4n) is 1.54. The highest BCUT2D eigenvalue weighted by Gasteiger charge is 2.03. The number of nitrogens with one attached hydrogen (secondary N) is 1. The molecule has 4 heteroatoms. The molecule has 0 bridgehead atoms. The minimum Gasteiger partial charge on any atom is -0.451 e. The number of quaternary nitrogens is 1. The summed E-state index contributed by atoms with van der Waals surface area (Å²) in [4.78, 5) is 10.9. The second-order valence-corrected chi connectivity index (χ2v) is 3.92. The van der Waals surface area contributed by atoms with Crippen LogP contribution >= 0.6 is 0 Å². The van der Waals surface area contributed by atoms with E-state index in [1.807, 2.05) is 24.3 Å². The molecule has 0 fully saturated rings. The number of para-hydroxylation sites is 1. The molecule has 0 saturated heterocycles. The van der Waals surface area contributed by atoms with E-state index >= 15 is 0 Å². The summed E-state index contributed by atoms with van der Waals surface area (Å²) in [6.07, 6.45) is 0. The van der Waals surface area contributed by atoms with Gasteiger partial charge in [-0.2, -0.15) is 0 Å². The van der Waals surface area contributed by atoms with Crippen LogP contribution in [0, 0.1) is 0 Å². The smallest absolute Gasteiger partial charge is 0.221 e. The number of hydrogen-bond acceptors (Lipinski definition) is 2. The van der Waals surface area contributed by atoms with Crippen molar-refractivity contribution in [2.24, 2.45) is 0 Å². The zero-order chi connectivity index (χ0) is 13.0. The average molecular weight is 243 g/mol. The van der Waals surface area contributed by atoms with Crippen LogP contribution in [-0.4, -0.2) is 5.91 Å². The molecule has 0 atom stereocenters. The van der Waals surface area contributed by atoms with Crippen molar-refractivity contribution in [3.05, 3.63) is 48.5 Å². The molecule has 0 aliphatic heterocycles. The van der Waals surface area contributed by atoms with Crippen LogP contribution in [-0.2, 0) is 4.79 Å². The minimum absolute atomic E-state index is 0.0910. The van der Waals surface area contributed by atoms with Crippen molar-refractivity contribution in [1.29, 1.82) is 0 Å². The molecule has 0 saturated carbocycles. The molecule has 2 aromatic rings. The zero-order valence-electron chi connectivity index (χ0n) is 10.1. The Kier molecular flexibility index (Phi) is 3.60. The van der Waals surface area contributed by atoms with Gasteiger partial charge in [0.1, 0.15) is 5.75 Å². The molecule has 2 rings (SSSR count). The molecule has 1 amide bonds. The molecule has 18 heavy (non-hydrogen) atoms. The highest BCUT2D eigenvalue weighted by atomic mass is 16.5. The first-order valence-corrected chi connectivity index (χ1v) is 5.61. The standard InChI is InChI=1S/C14H14N2O2/c1-10(17)16-11-6-8-12(9-7-11)18-14-5-3-2-4-13(14)15/h2-9H,15H2,1H3,(H,16,17)/p+1. The van der Waals surface area contributed by atoms with Gasteiger partial charge in [-0.15, -0.1) is 0 Å². The Hall–Kier alpha value is -2.33. The Labute approximate surface area is 105 Å². The van der Waals surface area contributed by atoms with Crippen LogP contribution in [0.4, 0.5) is 11.4 Å². The van der Waals surface area contributed by atoms with Crippen LogP contribution in [0.25, 0.3) is 0 Å². The summed E-state index contributed by atoms with van der Waals surface area (Å²) in [6.45, 7) is 1.48. The highest BCUT2D eigenvalue weighted by Crippen LogP contribution is 2.26. The van der Waals surface area contributed by atoms with E-state index in [1.165, 1.54) is 6.92 Å². The van der Waals surface area contributed by atoms with Gasteiger partial charge in [-0.1, -0.05) is 12.1 Å². The molecule has 0 unspecified atom stereocenters. The first-order chi connectivity index (χ1) is 8.65. The fourth-order valence-corrected chi connectivity index (χ4v) is 1.54. The Morgan fingerprint density at radius 3 is 2.39 bits per heavy atom. The summed E-state index contributed by atoms with van der Waals surface area (Å²) in [5.74, 6) is 1.34. The highest BCUT2D eigenvalue weighted by molar-refractivity contribution is 5.88. The topological polar surface area (TPSA) is 66.0 Å². The molecule has 0 aliphatic carbocycles. The number of carbonyl (C=O) groups excluding carboxylic acids is 1. The SMILES string of the molecule is CC(=O)Nc1ccc(Oc2ccccc2[NH3+])cc1. The van der Waals surface area contributed by atoms with Crippen LogP contribution in [0.1, 0.15) is 6.92 Å². The van der Waals surface area contributed by atoms with Crippen molar-refractivity contribution in [3.63, 3.8) is 0 Å². The Morgan fingerprint density at radius 1 is 1.11 bits per heavy atom. The number of amides is 1. The summed E-state index contributed by atoms with van der Waals surface area (Å²) in [5, 5.41) is 2.70. The van der Waals surface area contributed by atoms with Crippen molar-refractivity contribution in [1.82, 2.24) is 0 Å². The number of rotatable bonds is 3. The van der Waals surface area contributed by atoms with E-state index in [-0.39, 0.29) is 5.91 Å². The van der Waals surface area contributed by atoms with Gasteiger partial charge in [0, 0.05) is 18.7 Å². The zero-order valence-corrected chi connectivity index (χ0v) is 10.1. The van der Waals surface area contributed by atoms with E-state index in [1.54, 1.807) is 24.3 Å². The summed E-state index contributed by atoms with van der Waals surface area (Å²) in [5.41, 5.74) is 5.48. The third kappa shape index (κ3) is 3.09. The average Bonchev–Trinajstić information content (AvgIpc) is 2.34. The van der Waals surface area contributed by atoms with Gasteiger partial charge in [0.05, 0.1) is 0 Å². The van der Waals surface area contributed by atoms with Gasteiger partial charge in [-0.25, -0.2) is 0 Å². The number of hydrogen-bond donors (Lipinski definition) is 2. The van der Waals surface area contributed by atoms with Crippen LogP contribution in [0.3, 0.4) is 0 Å². The van der Waals surface area contributed by atoms with Gasteiger partial charge in [0.25, 0.3) is 0 Å². The minimum atomic E-state index is -0.0910. The summed E-state index contributed by atoms with van der Waals surface area (Å²) < 4.78 is 5.69. The number of benzene rings is 2. The van der Waals surface area contributed by atoms with Crippen molar-refractivity contribution >= 4 is 17.3 Å². The van der Waals surface area contributed by atoms with Gasteiger partial charge in [-0.05, 0) is 30.3 Å². The molecule has 0 aliphatic rings. The number of ether oxygens (including phenoxy) is 1. The molecule has 2 aromatic carbocycles. The predicted molar refractivity (Wildman–Crippen MR) is 69.8 cm³/mol. The lowest BCUT2D eigenvalue weighted by molar-refractivity contribution is -0.256. The lowest BCUT2D eigenvalue weighted by Crippen LogP contribution is -2.40. The molecule has 4 nitrogen and oxygen atoms in total. The molecular weight excluding hydrogens is 228 g/mol. The number of carbonyl (C=O) groups is 1. The van der Waals surface area contributed by atoms with Gasteiger partial charge in [0.2, 0.25) is 5.91 Å². The lowest BCUT2D eigenvalue weighted by Gasteiger charge is -2.07. The molecule has 0 aromatic heterocycles. The quantitative estimate of drug-likeness (QED) is 0.868. The van der Waals surface area contributed by atoms with E-state index in [9.17, 15) is 4.79 Å². The van der Waals surface area contributed by atoms with Crippen molar-refractivity contribution < 1.29 is 15.3 Å². The van der Waals surface area contributed by atoms with Crippen LogP contribution in [0.15, 0.2) is 48.5 Å². The Balaban J connectivity index is 2.11. The van der Waals surface area contributed by atoms with Gasteiger partial charge in [-0.3, -0.25) is 4.79 Å². The fraction of sp³-hybridized carbons (Fsp3) is 0.0714. The maximum atomic E-state index is 10.9. The first-order valence-electron chi connectivity index (χ1n) is 5.61. The predicted octanol–water partition coefficient (Wildman–Crippen LogP) is 2.31. The second-order valence-electron chi connectivity index (χ2n) is 3.92. The Bertz CT molecular complexity index is 550. The summed E-state index contributed by atoms with van der Waals surface area (Å²) in [6, 6.07) is 14.8. The Morgan fingerprint density at radius 2 is 1.78 bits per heavy atom. The molecule has 0 spiro atoms. The summed E-state index contributed by atoms with van der Waals surface area (Å²) >= 11 is 0. The second kappa shape index (κ2) is 5.33. The maximum Gasteiger partial charge on any atom is 0.221 e. The van der Waals surface area contributed by atoms with Gasteiger partial charge >= 0.3 is 0 Å². The van der Waals surface area contributed by atoms with E-state index in [0.717, 1.165) is 17.1 Å². The molecular formula is C14H15N2O2+. The van der Waals surface area contributed by atoms with Crippen molar-refractivity contribution in [2.75, 3.05) is 5.32 Å². The van der Waals surface area contributed by atoms with Crippen molar-refractivity contribution in [2.45, 2.75) is 6.92 Å². The van der Waals surface area contributed by atoms with Gasteiger partial charge < -0.3 is 15.8 Å². The maximum absolute atomic E-state index is 10.9. The molecule has 92 valence electrons. The largest absolute Gasteiger partial charge is 0.451 e. The van der Waals surface area contributed by atoms with Gasteiger partial charge in [0.15, 0.2) is 11.4 Å². The van der Waals surface area contributed by atoms with E-state index in [0.29, 0.717) is 5.75 Å². The lowest BCUT2D eigenvalue weighted by atomic mass is 10.3. The van der Waals surface area contributed by atoms with E-state index in [2.05, 4.69) is 11.1 Å². The van der Waals surface area contributed by atoms with Crippen molar-refractivity contribution in [3.8, 4) is 11.5 Å². The number of anilines is 1. The van der Waals surface area contributed by atoms with Crippen LogP contribution in [0.5, 0.6) is 11.5 Å². The molecule has 0 radical (unpaired) electrons. The molecule has 0 heterocycles. The normalized spacial score (nSPS) is 9.89.